The van der Waals surface area contributed by atoms with E-state index in [4.69, 9.17) is 0 Å². The van der Waals surface area contributed by atoms with Crippen molar-refractivity contribution in [3.05, 3.63) is 29.3 Å². The molecule has 0 spiro atoms. The Hall–Kier alpha value is -1.84. The molecule has 92 valence electrons. The summed E-state index contributed by atoms with van der Waals surface area (Å²) in [6.45, 7) is 2.00. The van der Waals surface area contributed by atoms with Gasteiger partial charge in [0.05, 0.1) is 7.11 Å². The maximum absolute atomic E-state index is 11.7. The van der Waals surface area contributed by atoms with Crippen molar-refractivity contribution < 1.29 is 19.4 Å². The molecule has 0 aliphatic carbocycles. The van der Waals surface area contributed by atoms with Gasteiger partial charge in [0.1, 0.15) is 11.3 Å². The van der Waals surface area contributed by atoms with Gasteiger partial charge in [-0.3, -0.25) is 4.79 Å². The van der Waals surface area contributed by atoms with Crippen molar-refractivity contribution in [2.75, 3.05) is 7.11 Å². The van der Waals surface area contributed by atoms with Crippen LogP contribution in [0.4, 0.5) is 0 Å². The molecule has 0 unspecified atom stereocenters. The number of ether oxygens (including phenoxy) is 1. The van der Waals surface area contributed by atoms with Crippen molar-refractivity contribution in [1.29, 1.82) is 0 Å². The highest BCUT2D eigenvalue weighted by atomic mass is 16.5. The van der Waals surface area contributed by atoms with E-state index in [1.54, 1.807) is 0 Å². The lowest BCUT2D eigenvalue weighted by Gasteiger charge is -2.05. The molecule has 1 aromatic rings. The average Bonchev–Trinajstić information content (AvgIpc) is 2.35. The van der Waals surface area contributed by atoms with E-state index in [0.29, 0.717) is 12.0 Å². The quantitative estimate of drug-likeness (QED) is 0.630. The van der Waals surface area contributed by atoms with Gasteiger partial charge in [-0.2, -0.15) is 0 Å². The molecule has 0 radical (unpaired) electrons. The van der Waals surface area contributed by atoms with Gasteiger partial charge in [-0.1, -0.05) is 13.3 Å². The first-order valence-corrected chi connectivity index (χ1v) is 5.54. The molecule has 0 atom stereocenters. The van der Waals surface area contributed by atoms with Crippen LogP contribution in [0.15, 0.2) is 18.2 Å². The molecule has 4 nitrogen and oxygen atoms in total. The summed E-state index contributed by atoms with van der Waals surface area (Å²) in [5.41, 5.74) is 0.450. The van der Waals surface area contributed by atoms with Crippen LogP contribution in [0.3, 0.4) is 0 Å². The predicted octanol–water partition coefficient (Wildman–Crippen LogP) is 2.55. The third kappa shape index (κ3) is 3.31. The van der Waals surface area contributed by atoms with Crippen LogP contribution in [0.1, 0.15) is 46.9 Å². The number of rotatable bonds is 5. The standard InChI is InChI=1S/C13H16O4/c1-3-4-5-11(14)9-6-7-12(15)10(8-9)13(16)17-2/h6-8,15H,3-5H2,1-2H3. The van der Waals surface area contributed by atoms with E-state index in [1.807, 2.05) is 6.92 Å². The van der Waals surface area contributed by atoms with Gasteiger partial charge in [0.25, 0.3) is 0 Å². The lowest BCUT2D eigenvalue weighted by Crippen LogP contribution is -2.05. The van der Waals surface area contributed by atoms with E-state index in [0.717, 1.165) is 12.8 Å². The molecule has 17 heavy (non-hydrogen) atoms. The smallest absolute Gasteiger partial charge is 0.341 e. The molecule has 0 heterocycles. The number of esters is 1. The van der Waals surface area contributed by atoms with Crippen LogP contribution in [-0.2, 0) is 4.74 Å². The molecule has 4 heteroatoms. The third-order valence-electron chi connectivity index (χ3n) is 2.48. The number of carbonyl (C=O) groups excluding carboxylic acids is 2. The molecule has 0 fully saturated rings. The fraction of sp³-hybridized carbons (Fsp3) is 0.385. The first-order valence-electron chi connectivity index (χ1n) is 5.54. The molecule has 0 amide bonds. The number of phenols is 1. The number of Topliss-reactive ketones (excluding diaryl/α,β-unsaturated/α-hetero) is 1. The summed E-state index contributed by atoms with van der Waals surface area (Å²) in [5, 5.41) is 9.48. The number of aromatic hydroxyl groups is 1. The molecule has 0 aliphatic rings. The van der Waals surface area contributed by atoms with Gasteiger partial charge in [-0.05, 0) is 24.6 Å². The van der Waals surface area contributed by atoms with Crippen molar-refractivity contribution in [3.8, 4) is 5.75 Å². The Morgan fingerprint density at radius 3 is 2.65 bits per heavy atom. The van der Waals surface area contributed by atoms with Crippen LogP contribution in [0.5, 0.6) is 5.75 Å². The Labute approximate surface area is 100 Å². The Morgan fingerprint density at radius 2 is 2.06 bits per heavy atom. The maximum atomic E-state index is 11.7. The Kier molecular flexibility index (Phi) is 4.69. The van der Waals surface area contributed by atoms with Crippen LogP contribution >= 0.6 is 0 Å². The van der Waals surface area contributed by atoms with E-state index in [-0.39, 0.29) is 17.1 Å². The van der Waals surface area contributed by atoms with Gasteiger partial charge in [0.15, 0.2) is 5.78 Å². The minimum atomic E-state index is -0.646. The molecule has 0 aromatic heterocycles. The third-order valence-corrected chi connectivity index (χ3v) is 2.48. The van der Waals surface area contributed by atoms with Gasteiger partial charge in [0, 0.05) is 12.0 Å². The first-order chi connectivity index (χ1) is 8.10. The molecule has 0 bridgehead atoms. The van der Waals surface area contributed by atoms with Crippen molar-refractivity contribution in [1.82, 2.24) is 0 Å². The van der Waals surface area contributed by atoms with Gasteiger partial charge in [0.2, 0.25) is 0 Å². The zero-order valence-electron chi connectivity index (χ0n) is 10.0. The van der Waals surface area contributed by atoms with Crippen molar-refractivity contribution in [2.45, 2.75) is 26.2 Å². The van der Waals surface area contributed by atoms with E-state index in [1.165, 1.54) is 25.3 Å². The summed E-state index contributed by atoms with van der Waals surface area (Å²) < 4.78 is 4.52. The molecule has 0 aliphatic heterocycles. The SMILES string of the molecule is CCCCC(=O)c1ccc(O)c(C(=O)OC)c1. The monoisotopic (exact) mass is 236 g/mol. The zero-order chi connectivity index (χ0) is 12.8. The molecule has 0 saturated carbocycles. The Bertz CT molecular complexity index is 423. The number of hydrogen-bond donors (Lipinski definition) is 1. The Morgan fingerprint density at radius 1 is 1.35 bits per heavy atom. The van der Waals surface area contributed by atoms with E-state index in [2.05, 4.69) is 4.74 Å². The van der Waals surface area contributed by atoms with Crippen molar-refractivity contribution in [3.63, 3.8) is 0 Å². The van der Waals surface area contributed by atoms with Crippen LogP contribution in [0.2, 0.25) is 0 Å². The molecular formula is C13H16O4. The fourth-order valence-corrected chi connectivity index (χ4v) is 1.46. The number of ketones is 1. The summed E-state index contributed by atoms with van der Waals surface area (Å²) in [5.74, 6) is -0.853. The molecule has 1 rings (SSSR count). The van der Waals surface area contributed by atoms with Crippen LogP contribution in [0, 0.1) is 0 Å². The second kappa shape index (κ2) is 6.03. The second-order valence-electron chi connectivity index (χ2n) is 3.75. The summed E-state index contributed by atoms with van der Waals surface area (Å²) in [4.78, 5) is 23.1. The minimum Gasteiger partial charge on any atom is -0.507 e. The van der Waals surface area contributed by atoms with Crippen LogP contribution in [-0.4, -0.2) is 24.0 Å². The number of carbonyl (C=O) groups is 2. The second-order valence-corrected chi connectivity index (χ2v) is 3.75. The normalized spacial score (nSPS) is 10.0. The molecule has 1 aromatic carbocycles. The van der Waals surface area contributed by atoms with Crippen LogP contribution < -0.4 is 0 Å². The molecule has 1 N–H and O–H groups in total. The Balaban J connectivity index is 2.96. The van der Waals surface area contributed by atoms with Crippen LogP contribution in [0.25, 0.3) is 0 Å². The van der Waals surface area contributed by atoms with Gasteiger partial charge < -0.3 is 9.84 Å². The summed E-state index contributed by atoms with van der Waals surface area (Å²) in [6.07, 6.45) is 2.20. The number of unbranched alkanes of at least 4 members (excludes halogenated alkanes) is 1. The maximum Gasteiger partial charge on any atom is 0.341 e. The number of methoxy groups -OCH3 is 1. The van der Waals surface area contributed by atoms with E-state index >= 15 is 0 Å². The fourth-order valence-electron chi connectivity index (χ4n) is 1.46. The topological polar surface area (TPSA) is 63.6 Å². The zero-order valence-corrected chi connectivity index (χ0v) is 10.0. The highest BCUT2D eigenvalue weighted by molar-refractivity contribution is 6.00. The summed E-state index contributed by atoms with van der Waals surface area (Å²) in [7, 11) is 1.23. The number of hydrogen-bond acceptors (Lipinski definition) is 4. The highest BCUT2D eigenvalue weighted by Gasteiger charge is 2.14. The highest BCUT2D eigenvalue weighted by Crippen LogP contribution is 2.20. The molecular weight excluding hydrogens is 220 g/mol. The van der Waals surface area contributed by atoms with Gasteiger partial charge >= 0.3 is 5.97 Å². The number of benzene rings is 1. The first kappa shape index (κ1) is 13.2. The van der Waals surface area contributed by atoms with Gasteiger partial charge in [-0.15, -0.1) is 0 Å². The van der Waals surface area contributed by atoms with Crippen molar-refractivity contribution in [2.24, 2.45) is 0 Å². The average molecular weight is 236 g/mol. The van der Waals surface area contributed by atoms with Crippen molar-refractivity contribution >= 4 is 11.8 Å². The largest absolute Gasteiger partial charge is 0.507 e. The molecule has 0 saturated heterocycles. The van der Waals surface area contributed by atoms with E-state index in [9.17, 15) is 14.7 Å². The minimum absolute atomic E-state index is 0.0230. The summed E-state index contributed by atoms with van der Waals surface area (Å²) >= 11 is 0. The van der Waals surface area contributed by atoms with Gasteiger partial charge in [-0.25, -0.2) is 4.79 Å². The number of phenolic OH excluding ortho intramolecular Hbond substituents is 1. The van der Waals surface area contributed by atoms with E-state index < -0.39 is 5.97 Å². The lowest BCUT2D eigenvalue weighted by molar-refractivity contribution is 0.0597. The summed E-state index contributed by atoms with van der Waals surface area (Å²) in [6, 6.07) is 4.23. The lowest BCUT2D eigenvalue weighted by atomic mass is 10.0. The predicted molar refractivity (Wildman–Crippen MR) is 63.3 cm³/mol.